The third kappa shape index (κ3) is 2.97. The molecule has 0 amide bonds. The van der Waals surface area contributed by atoms with E-state index in [1.165, 1.54) is 4.88 Å². The van der Waals surface area contributed by atoms with Crippen molar-refractivity contribution in [2.45, 2.75) is 13.5 Å². The summed E-state index contributed by atoms with van der Waals surface area (Å²) in [7, 11) is 2.09. The van der Waals surface area contributed by atoms with Crippen LogP contribution in [0.1, 0.15) is 10.6 Å². The Morgan fingerprint density at radius 3 is 2.92 bits per heavy atom. The molecule has 3 aromatic heterocycles. The lowest BCUT2D eigenvalue weighted by atomic mass is 10.3. The monoisotopic (exact) mass is 343 g/mol. The number of rotatable bonds is 4. The molecule has 0 radical (unpaired) electrons. The van der Waals surface area contributed by atoms with Crippen molar-refractivity contribution in [2.24, 2.45) is 0 Å². The summed E-state index contributed by atoms with van der Waals surface area (Å²) in [5.41, 5.74) is 2.00. The Kier molecular flexibility index (Phi) is 4.12. The number of thiophene rings is 1. The van der Waals surface area contributed by atoms with Gasteiger partial charge in [0.2, 0.25) is 5.95 Å². The minimum absolute atomic E-state index is 0.728. The maximum Gasteiger partial charge on any atom is 0.229 e. The molecule has 1 aliphatic heterocycles. The maximum atomic E-state index is 5.45. The number of morpholine rings is 1. The molecule has 1 fully saturated rings. The topological polar surface area (TPSA) is 57.3 Å². The molecule has 126 valence electrons. The second-order valence-electron chi connectivity index (χ2n) is 6.10. The largest absolute Gasteiger partial charge is 0.378 e. The SMILES string of the molecule is Cc1cc2c(N(C)Cc3cccs3)nc(N3CCOCC3)nc2[nH]1. The van der Waals surface area contributed by atoms with E-state index in [0.29, 0.717) is 0 Å². The van der Waals surface area contributed by atoms with Crippen LogP contribution < -0.4 is 9.80 Å². The third-order valence-electron chi connectivity index (χ3n) is 4.22. The first-order valence-corrected chi connectivity index (χ1v) is 9.02. The third-order valence-corrected chi connectivity index (χ3v) is 5.08. The number of nitrogens with zero attached hydrogens (tertiary/aromatic N) is 4. The Balaban J connectivity index is 1.73. The Hall–Kier alpha value is -2.12. The van der Waals surface area contributed by atoms with Crippen LogP contribution in [0.2, 0.25) is 0 Å². The molecule has 7 heteroatoms. The van der Waals surface area contributed by atoms with Crippen molar-refractivity contribution in [3.63, 3.8) is 0 Å². The van der Waals surface area contributed by atoms with E-state index in [1.807, 2.05) is 0 Å². The number of aromatic amines is 1. The predicted molar refractivity (Wildman–Crippen MR) is 98.1 cm³/mol. The molecule has 1 N–H and O–H groups in total. The number of fused-ring (bicyclic) bond motifs is 1. The van der Waals surface area contributed by atoms with Gasteiger partial charge in [-0.05, 0) is 24.4 Å². The molecule has 4 heterocycles. The predicted octanol–water partition coefficient (Wildman–Crippen LogP) is 2.80. The van der Waals surface area contributed by atoms with Crippen LogP contribution in [0.15, 0.2) is 23.6 Å². The first kappa shape index (κ1) is 15.4. The zero-order valence-corrected chi connectivity index (χ0v) is 14.8. The van der Waals surface area contributed by atoms with E-state index in [-0.39, 0.29) is 0 Å². The number of hydrogen-bond donors (Lipinski definition) is 1. The fourth-order valence-electron chi connectivity index (χ4n) is 3.02. The molecule has 0 bridgehead atoms. The highest BCUT2D eigenvalue weighted by Gasteiger charge is 2.19. The summed E-state index contributed by atoms with van der Waals surface area (Å²) in [5, 5.41) is 3.18. The number of aryl methyl sites for hydroxylation is 1. The Morgan fingerprint density at radius 1 is 1.33 bits per heavy atom. The van der Waals surface area contributed by atoms with Gasteiger partial charge in [0.25, 0.3) is 0 Å². The molecule has 3 aromatic rings. The standard InChI is InChI=1S/C17H21N5OS/c1-12-10-14-15(18-12)19-17(22-5-7-23-8-6-22)20-16(14)21(2)11-13-4-3-9-24-13/h3-4,9-10H,5-8,11H2,1-2H3,(H,18,19,20). The van der Waals surface area contributed by atoms with E-state index in [1.54, 1.807) is 11.3 Å². The van der Waals surface area contributed by atoms with Gasteiger partial charge in [-0.25, -0.2) is 0 Å². The van der Waals surface area contributed by atoms with Gasteiger partial charge in [0.1, 0.15) is 11.5 Å². The van der Waals surface area contributed by atoms with Gasteiger partial charge in [-0.15, -0.1) is 11.3 Å². The zero-order chi connectivity index (χ0) is 16.5. The van der Waals surface area contributed by atoms with E-state index in [4.69, 9.17) is 14.7 Å². The summed E-state index contributed by atoms with van der Waals surface area (Å²) in [6, 6.07) is 6.37. The van der Waals surface area contributed by atoms with Gasteiger partial charge in [0, 0.05) is 30.7 Å². The molecule has 1 aliphatic rings. The molecule has 6 nitrogen and oxygen atoms in total. The van der Waals surface area contributed by atoms with Crippen molar-refractivity contribution in [2.75, 3.05) is 43.2 Å². The number of aromatic nitrogens is 3. The molecule has 4 rings (SSSR count). The average molecular weight is 343 g/mol. The van der Waals surface area contributed by atoms with Crippen LogP contribution in [0.25, 0.3) is 11.0 Å². The molecular weight excluding hydrogens is 322 g/mol. The van der Waals surface area contributed by atoms with E-state index >= 15 is 0 Å². The lowest BCUT2D eigenvalue weighted by molar-refractivity contribution is 0.122. The van der Waals surface area contributed by atoms with Crippen LogP contribution in [-0.4, -0.2) is 48.3 Å². The average Bonchev–Trinajstić information content (AvgIpc) is 3.22. The number of ether oxygens (including phenoxy) is 1. The minimum Gasteiger partial charge on any atom is -0.378 e. The van der Waals surface area contributed by atoms with Crippen LogP contribution in [0.3, 0.4) is 0 Å². The normalized spacial score (nSPS) is 15.2. The van der Waals surface area contributed by atoms with Crippen molar-refractivity contribution in [1.29, 1.82) is 0 Å². The van der Waals surface area contributed by atoms with Gasteiger partial charge in [-0.2, -0.15) is 9.97 Å². The molecule has 0 unspecified atom stereocenters. The smallest absolute Gasteiger partial charge is 0.229 e. The lowest BCUT2D eigenvalue weighted by Gasteiger charge is -2.28. The highest BCUT2D eigenvalue weighted by Crippen LogP contribution is 2.28. The van der Waals surface area contributed by atoms with Crippen molar-refractivity contribution in [3.8, 4) is 0 Å². The number of hydrogen-bond acceptors (Lipinski definition) is 6. The molecule has 0 aromatic carbocycles. The highest BCUT2D eigenvalue weighted by atomic mass is 32.1. The van der Waals surface area contributed by atoms with E-state index in [0.717, 1.165) is 61.3 Å². The Bertz CT molecular complexity index is 823. The van der Waals surface area contributed by atoms with Gasteiger partial charge in [0.15, 0.2) is 0 Å². The lowest BCUT2D eigenvalue weighted by Crippen LogP contribution is -2.37. The van der Waals surface area contributed by atoms with E-state index in [2.05, 4.69) is 52.3 Å². The second kappa shape index (κ2) is 6.41. The van der Waals surface area contributed by atoms with Gasteiger partial charge >= 0.3 is 0 Å². The summed E-state index contributed by atoms with van der Waals surface area (Å²) in [4.78, 5) is 18.7. The van der Waals surface area contributed by atoms with Gasteiger partial charge in [0.05, 0.1) is 25.1 Å². The van der Waals surface area contributed by atoms with E-state index in [9.17, 15) is 0 Å². The number of nitrogens with one attached hydrogen (secondary N) is 1. The quantitative estimate of drug-likeness (QED) is 0.789. The van der Waals surface area contributed by atoms with Crippen LogP contribution in [0.5, 0.6) is 0 Å². The Morgan fingerprint density at radius 2 is 2.17 bits per heavy atom. The fraction of sp³-hybridized carbons (Fsp3) is 0.412. The summed E-state index contributed by atoms with van der Waals surface area (Å²) in [6.45, 7) is 6.02. The summed E-state index contributed by atoms with van der Waals surface area (Å²) in [6.07, 6.45) is 0. The first-order valence-electron chi connectivity index (χ1n) is 8.14. The molecular formula is C17H21N5OS. The summed E-state index contributed by atoms with van der Waals surface area (Å²) >= 11 is 1.77. The number of anilines is 2. The first-order chi connectivity index (χ1) is 11.7. The van der Waals surface area contributed by atoms with Crippen molar-refractivity contribution >= 4 is 34.1 Å². The van der Waals surface area contributed by atoms with Gasteiger partial charge in [-0.1, -0.05) is 6.07 Å². The molecule has 0 spiro atoms. The molecule has 0 atom stereocenters. The zero-order valence-electron chi connectivity index (χ0n) is 14.0. The summed E-state index contributed by atoms with van der Waals surface area (Å²) in [5.74, 6) is 1.75. The van der Waals surface area contributed by atoms with Gasteiger partial charge < -0.3 is 19.5 Å². The van der Waals surface area contributed by atoms with Gasteiger partial charge in [-0.3, -0.25) is 0 Å². The molecule has 24 heavy (non-hydrogen) atoms. The second-order valence-corrected chi connectivity index (χ2v) is 7.13. The molecule has 1 saturated heterocycles. The molecule has 0 aliphatic carbocycles. The number of H-pyrrole nitrogens is 1. The highest BCUT2D eigenvalue weighted by molar-refractivity contribution is 7.09. The minimum atomic E-state index is 0.728. The van der Waals surface area contributed by atoms with Crippen LogP contribution in [0, 0.1) is 6.92 Å². The fourth-order valence-corrected chi connectivity index (χ4v) is 3.78. The van der Waals surface area contributed by atoms with Crippen LogP contribution >= 0.6 is 11.3 Å². The molecule has 0 saturated carbocycles. The maximum absolute atomic E-state index is 5.45. The Labute approximate surface area is 145 Å². The van der Waals surface area contributed by atoms with Crippen molar-refractivity contribution in [3.05, 3.63) is 34.2 Å². The summed E-state index contributed by atoms with van der Waals surface area (Å²) < 4.78 is 5.45. The van der Waals surface area contributed by atoms with Crippen molar-refractivity contribution in [1.82, 2.24) is 15.0 Å². The van der Waals surface area contributed by atoms with Crippen molar-refractivity contribution < 1.29 is 4.74 Å². The van der Waals surface area contributed by atoms with Crippen LogP contribution in [0.4, 0.5) is 11.8 Å². The van der Waals surface area contributed by atoms with E-state index < -0.39 is 0 Å². The van der Waals surface area contributed by atoms with Crippen LogP contribution in [-0.2, 0) is 11.3 Å².